The second-order valence-corrected chi connectivity index (χ2v) is 7.85. The van der Waals surface area contributed by atoms with Crippen LogP contribution in [0.15, 0.2) is 59.1 Å². The Morgan fingerprint density at radius 2 is 1.82 bits per heavy atom. The summed E-state index contributed by atoms with van der Waals surface area (Å²) < 4.78 is 14.3. The lowest BCUT2D eigenvalue weighted by Crippen LogP contribution is -2.40. The number of halogens is 2. The maximum Gasteiger partial charge on any atom is 0.246 e. The average molecular weight is 445 g/mol. The molecule has 1 fully saturated rings. The first-order valence-electron chi connectivity index (χ1n) is 9.22. The first-order valence-corrected chi connectivity index (χ1v) is 10.0. The first-order chi connectivity index (χ1) is 13.4. The fourth-order valence-electron chi connectivity index (χ4n) is 3.23. The lowest BCUT2D eigenvalue weighted by molar-refractivity contribution is -0.130. The molecule has 1 N–H and O–H groups in total. The summed E-state index contributed by atoms with van der Waals surface area (Å²) in [4.78, 5) is 26.7. The number of hydrogen-bond acceptors (Lipinski definition) is 2. The standard InChI is InChI=1S/C22H22BrFN2O2/c1-15(17-3-2-4-19(24)14-17)13-21(27)26-11-9-16(10-12-26)22(28)25-20-7-5-18(23)6-8-20/h2-8,13-14,16H,9-12H2,1H3,(H,25,28)/b15-13-. The topological polar surface area (TPSA) is 49.4 Å². The van der Waals surface area contributed by atoms with Crippen LogP contribution < -0.4 is 5.32 Å². The Kier molecular flexibility index (Phi) is 6.62. The molecule has 1 aliphatic heterocycles. The van der Waals surface area contributed by atoms with Gasteiger partial charge in [0.1, 0.15) is 5.82 Å². The van der Waals surface area contributed by atoms with E-state index in [0.29, 0.717) is 31.5 Å². The van der Waals surface area contributed by atoms with Gasteiger partial charge in [-0.3, -0.25) is 9.59 Å². The number of anilines is 1. The van der Waals surface area contributed by atoms with E-state index in [9.17, 15) is 14.0 Å². The molecule has 4 nitrogen and oxygen atoms in total. The van der Waals surface area contributed by atoms with Crippen LogP contribution >= 0.6 is 15.9 Å². The molecule has 2 aromatic rings. The summed E-state index contributed by atoms with van der Waals surface area (Å²) in [6.07, 6.45) is 2.79. The van der Waals surface area contributed by atoms with Gasteiger partial charge in [0.15, 0.2) is 0 Å². The van der Waals surface area contributed by atoms with Gasteiger partial charge in [-0.25, -0.2) is 4.39 Å². The van der Waals surface area contributed by atoms with Gasteiger partial charge in [-0.2, -0.15) is 0 Å². The van der Waals surface area contributed by atoms with Gasteiger partial charge in [0, 0.05) is 35.2 Å². The molecule has 0 atom stereocenters. The summed E-state index contributed by atoms with van der Waals surface area (Å²) in [5.41, 5.74) is 2.18. The number of rotatable bonds is 4. The number of benzene rings is 2. The van der Waals surface area contributed by atoms with Gasteiger partial charge >= 0.3 is 0 Å². The van der Waals surface area contributed by atoms with Gasteiger partial charge < -0.3 is 10.2 Å². The minimum Gasteiger partial charge on any atom is -0.339 e. The van der Waals surface area contributed by atoms with Crippen molar-refractivity contribution in [1.29, 1.82) is 0 Å². The molecule has 1 aliphatic rings. The molecule has 0 radical (unpaired) electrons. The second-order valence-electron chi connectivity index (χ2n) is 6.93. The number of amides is 2. The molecule has 0 unspecified atom stereocenters. The maximum absolute atomic E-state index is 13.4. The third-order valence-electron chi connectivity index (χ3n) is 4.91. The monoisotopic (exact) mass is 444 g/mol. The van der Waals surface area contributed by atoms with Crippen molar-refractivity contribution in [1.82, 2.24) is 4.90 Å². The van der Waals surface area contributed by atoms with E-state index in [1.54, 1.807) is 24.0 Å². The van der Waals surface area contributed by atoms with Crippen molar-refractivity contribution >= 4 is 39.0 Å². The van der Waals surface area contributed by atoms with Crippen LogP contribution in [0, 0.1) is 11.7 Å². The summed E-state index contributed by atoms with van der Waals surface area (Å²) in [5.74, 6) is -0.550. The Hall–Kier alpha value is -2.47. The molecule has 28 heavy (non-hydrogen) atoms. The SMILES string of the molecule is C/C(=C/C(=O)N1CCC(C(=O)Nc2ccc(Br)cc2)CC1)c1cccc(F)c1. The highest BCUT2D eigenvalue weighted by Crippen LogP contribution is 2.22. The normalized spacial score (nSPS) is 15.4. The highest BCUT2D eigenvalue weighted by molar-refractivity contribution is 9.10. The van der Waals surface area contributed by atoms with Crippen LogP contribution in [0.3, 0.4) is 0 Å². The van der Waals surface area contributed by atoms with Crippen molar-refractivity contribution in [3.8, 4) is 0 Å². The fraction of sp³-hybridized carbons (Fsp3) is 0.273. The zero-order valence-electron chi connectivity index (χ0n) is 15.6. The Morgan fingerprint density at radius 3 is 2.46 bits per heavy atom. The van der Waals surface area contributed by atoms with E-state index >= 15 is 0 Å². The van der Waals surface area contributed by atoms with Crippen LogP contribution in [0.1, 0.15) is 25.3 Å². The molecule has 0 saturated carbocycles. The quantitative estimate of drug-likeness (QED) is 0.683. The minimum atomic E-state index is -0.324. The van der Waals surface area contributed by atoms with Gasteiger partial charge in [0.05, 0.1) is 0 Å². The third-order valence-corrected chi connectivity index (χ3v) is 5.44. The van der Waals surface area contributed by atoms with Crippen molar-refractivity contribution in [2.45, 2.75) is 19.8 Å². The number of likely N-dealkylation sites (tertiary alicyclic amines) is 1. The smallest absolute Gasteiger partial charge is 0.246 e. The van der Waals surface area contributed by atoms with Gasteiger partial charge in [-0.15, -0.1) is 0 Å². The molecule has 146 valence electrons. The lowest BCUT2D eigenvalue weighted by Gasteiger charge is -2.30. The number of hydrogen-bond donors (Lipinski definition) is 1. The van der Waals surface area contributed by atoms with Crippen molar-refractivity contribution in [3.05, 3.63) is 70.5 Å². The van der Waals surface area contributed by atoms with Crippen molar-refractivity contribution < 1.29 is 14.0 Å². The summed E-state index contributed by atoms with van der Waals surface area (Å²) >= 11 is 3.37. The molecule has 0 bridgehead atoms. The molecule has 0 aromatic heterocycles. The van der Waals surface area contributed by atoms with E-state index in [-0.39, 0.29) is 23.5 Å². The number of nitrogens with zero attached hydrogens (tertiary/aromatic N) is 1. The van der Waals surface area contributed by atoms with Crippen molar-refractivity contribution in [3.63, 3.8) is 0 Å². The van der Waals surface area contributed by atoms with E-state index < -0.39 is 0 Å². The Balaban J connectivity index is 1.54. The Bertz CT molecular complexity index is 888. The highest BCUT2D eigenvalue weighted by Gasteiger charge is 2.26. The van der Waals surface area contributed by atoms with Gasteiger partial charge in [-0.05, 0) is 67.3 Å². The van der Waals surface area contributed by atoms with Crippen LogP contribution in [0.25, 0.3) is 5.57 Å². The molecule has 0 spiro atoms. The molecular formula is C22H22BrFN2O2. The summed E-state index contributed by atoms with van der Waals surface area (Å²) in [7, 11) is 0. The second kappa shape index (κ2) is 9.15. The maximum atomic E-state index is 13.4. The molecule has 1 heterocycles. The van der Waals surface area contributed by atoms with Crippen LogP contribution in [-0.4, -0.2) is 29.8 Å². The molecule has 0 aliphatic carbocycles. The molecule has 1 saturated heterocycles. The molecule has 2 aromatic carbocycles. The van der Waals surface area contributed by atoms with Crippen LogP contribution in [-0.2, 0) is 9.59 Å². The van der Waals surface area contributed by atoms with Crippen LogP contribution in [0.5, 0.6) is 0 Å². The van der Waals surface area contributed by atoms with E-state index in [4.69, 9.17) is 0 Å². The minimum absolute atomic E-state index is 0.0131. The van der Waals surface area contributed by atoms with Crippen LogP contribution in [0.4, 0.5) is 10.1 Å². The first kappa shape index (κ1) is 20.3. The van der Waals surface area contributed by atoms with Crippen molar-refractivity contribution in [2.75, 3.05) is 18.4 Å². The zero-order chi connectivity index (χ0) is 20.1. The number of piperidine rings is 1. The van der Waals surface area contributed by atoms with E-state index in [2.05, 4.69) is 21.2 Å². The van der Waals surface area contributed by atoms with E-state index in [0.717, 1.165) is 15.7 Å². The number of nitrogens with one attached hydrogen (secondary N) is 1. The molecular weight excluding hydrogens is 423 g/mol. The Morgan fingerprint density at radius 1 is 1.14 bits per heavy atom. The van der Waals surface area contributed by atoms with E-state index in [1.807, 2.05) is 24.3 Å². The molecule has 6 heteroatoms. The highest BCUT2D eigenvalue weighted by atomic mass is 79.9. The summed E-state index contributed by atoms with van der Waals surface area (Å²) in [5, 5.41) is 2.93. The predicted octanol–water partition coefficient (Wildman–Crippen LogP) is 4.87. The molecule has 3 rings (SSSR count). The largest absolute Gasteiger partial charge is 0.339 e. The summed E-state index contributed by atoms with van der Waals surface area (Å²) in [6, 6.07) is 13.7. The van der Waals surface area contributed by atoms with Gasteiger partial charge in [0.25, 0.3) is 0 Å². The van der Waals surface area contributed by atoms with Gasteiger partial charge in [0.2, 0.25) is 11.8 Å². The van der Waals surface area contributed by atoms with Gasteiger partial charge in [-0.1, -0.05) is 28.1 Å². The van der Waals surface area contributed by atoms with E-state index in [1.165, 1.54) is 18.2 Å². The average Bonchev–Trinajstić information content (AvgIpc) is 2.69. The lowest BCUT2D eigenvalue weighted by atomic mass is 9.95. The van der Waals surface area contributed by atoms with Crippen molar-refractivity contribution in [2.24, 2.45) is 5.92 Å². The number of allylic oxidation sites excluding steroid dienone is 1. The van der Waals surface area contributed by atoms with Crippen LogP contribution in [0.2, 0.25) is 0 Å². The zero-order valence-corrected chi connectivity index (χ0v) is 17.2. The fourth-order valence-corrected chi connectivity index (χ4v) is 3.50. The summed E-state index contributed by atoms with van der Waals surface area (Å²) in [6.45, 7) is 2.86. The third kappa shape index (κ3) is 5.29. The Labute approximate surface area is 172 Å². The number of carbonyl (C=O) groups is 2. The predicted molar refractivity (Wildman–Crippen MR) is 112 cm³/mol. The number of carbonyl (C=O) groups excluding carboxylic acids is 2. The molecule has 2 amide bonds.